The van der Waals surface area contributed by atoms with E-state index >= 15 is 0 Å². The average molecular weight is 483 g/mol. The largest absolute Gasteiger partial charge is 0.355 e. The maximum Gasteiger partial charge on any atom is 0.251 e. The van der Waals surface area contributed by atoms with E-state index in [4.69, 9.17) is 5.73 Å². The van der Waals surface area contributed by atoms with E-state index in [1.54, 1.807) is 55.5 Å². The summed E-state index contributed by atoms with van der Waals surface area (Å²) >= 11 is 0. The Hall–Kier alpha value is -4.83. The molecule has 10 heteroatoms. The van der Waals surface area contributed by atoms with Gasteiger partial charge in [0.1, 0.15) is 6.17 Å². The molecule has 0 saturated carbocycles. The van der Waals surface area contributed by atoms with Crippen LogP contribution in [0.1, 0.15) is 26.3 Å². The van der Waals surface area contributed by atoms with Crippen molar-refractivity contribution in [2.24, 2.45) is 10.8 Å². The van der Waals surface area contributed by atoms with Gasteiger partial charge in [-0.05, 0) is 47.5 Å². The molecule has 4 aromatic rings. The lowest BCUT2D eigenvalue weighted by Crippen LogP contribution is -2.34. The molecule has 0 radical (unpaired) electrons. The van der Waals surface area contributed by atoms with E-state index in [9.17, 15) is 9.59 Å². The van der Waals surface area contributed by atoms with Crippen molar-refractivity contribution in [2.75, 3.05) is 14.1 Å². The Bertz CT molecular complexity index is 1460. The number of hydrogen-bond acceptors (Lipinski definition) is 7. The standard InChI is InChI=1S/C14H12N4O.C12H14N4O/c1-15-14(19)11-4-2-3-10(7-11)12-8-13-16-5-6-18(13)17-9-12;1-14-12(17)9-4-2-3-8(5-9)10-6-11(13)16-15-7-10/h2-9H,1H3,(H,15,19);2-7,11,16H,13H2,1H3,(H,14,17). The van der Waals surface area contributed by atoms with Crippen LogP contribution in [0.3, 0.4) is 0 Å². The number of carbonyl (C=O) groups is 2. The van der Waals surface area contributed by atoms with Crippen molar-refractivity contribution in [3.05, 3.63) is 96.0 Å². The van der Waals surface area contributed by atoms with Gasteiger partial charge in [-0.2, -0.15) is 10.2 Å². The molecule has 1 aliphatic rings. The maximum absolute atomic E-state index is 11.6. The molecule has 182 valence electrons. The Kier molecular flexibility index (Phi) is 7.47. The fourth-order valence-electron chi connectivity index (χ4n) is 3.57. The first kappa shape index (κ1) is 24.3. The van der Waals surface area contributed by atoms with Crippen LogP contribution in [0.25, 0.3) is 22.3 Å². The summed E-state index contributed by atoms with van der Waals surface area (Å²) in [6, 6.07) is 16.7. The molecule has 10 nitrogen and oxygen atoms in total. The first-order chi connectivity index (χ1) is 17.5. The summed E-state index contributed by atoms with van der Waals surface area (Å²) in [6.07, 6.45) is 8.51. The summed E-state index contributed by atoms with van der Waals surface area (Å²) in [5.74, 6) is -0.209. The molecule has 1 unspecified atom stereocenters. The maximum atomic E-state index is 11.6. The third-order valence-corrected chi connectivity index (χ3v) is 5.41. The zero-order valence-electron chi connectivity index (χ0n) is 19.8. The van der Waals surface area contributed by atoms with Crippen LogP contribution in [0.2, 0.25) is 0 Å². The Morgan fingerprint density at radius 3 is 2.28 bits per heavy atom. The number of nitrogens with one attached hydrogen (secondary N) is 3. The van der Waals surface area contributed by atoms with Crippen molar-refractivity contribution in [3.63, 3.8) is 0 Å². The minimum absolute atomic E-state index is 0.100. The molecule has 36 heavy (non-hydrogen) atoms. The summed E-state index contributed by atoms with van der Waals surface area (Å²) < 4.78 is 1.70. The van der Waals surface area contributed by atoms with Gasteiger partial charge in [-0.3, -0.25) is 15.0 Å². The van der Waals surface area contributed by atoms with Crippen LogP contribution in [0.4, 0.5) is 0 Å². The normalized spacial score (nSPS) is 14.2. The van der Waals surface area contributed by atoms with Gasteiger partial charge < -0.3 is 16.4 Å². The van der Waals surface area contributed by atoms with Gasteiger partial charge in [0, 0.05) is 48.8 Å². The fraction of sp³-hybridized carbons (Fsp3) is 0.115. The number of hydrazone groups is 1. The summed E-state index contributed by atoms with van der Waals surface area (Å²) in [6.45, 7) is 0. The van der Waals surface area contributed by atoms with E-state index < -0.39 is 0 Å². The number of benzene rings is 2. The molecule has 3 heterocycles. The highest BCUT2D eigenvalue weighted by Crippen LogP contribution is 2.21. The van der Waals surface area contributed by atoms with Crippen LogP contribution in [0, 0.1) is 0 Å². The van der Waals surface area contributed by atoms with Crippen molar-refractivity contribution >= 4 is 29.2 Å². The van der Waals surface area contributed by atoms with Crippen LogP contribution in [0.15, 0.2) is 84.4 Å². The Labute approximate surface area is 207 Å². The van der Waals surface area contributed by atoms with Crippen LogP contribution >= 0.6 is 0 Å². The topological polar surface area (TPSA) is 139 Å². The molecule has 5 N–H and O–H groups in total. The molecule has 1 aliphatic heterocycles. The minimum atomic E-state index is -0.293. The third kappa shape index (κ3) is 5.62. The van der Waals surface area contributed by atoms with Gasteiger partial charge in [-0.15, -0.1) is 0 Å². The van der Waals surface area contributed by atoms with Crippen LogP contribution in [-0.4, -0.2) is 52.9 Å². The number of carbonyl (C=O) groups excluding carboxylic acids is 2. The number of nitrogens with zero attached hydrogens (tertiary/aromatic N) is 4. The molecule has 1 atom stereocenters. The third-order valence-electron chi connectivity index (χ3n) is 5.41. The number of nitrogens with two attached hydrogens (primary N) is 1. The monoisotopic (exact) mass is 482 g/mol. The Morgan fingerprint density at radius 1 is 0.944 bits per heavy atom. The minimum Gasteiger partial charge on any atom is -0.355 e. The van der Waals surface area contributed by atoms with E-state index in [2.05, 4.69) is 31.2 Å². The molecule has 0 spiro atoms. The van der Waals surface area contributed by atoms with Gasteiger partial charge >= 0.3 is 0 Å². The molecule has 0 aliphatic carbocycles. The van der Waals surface area contributed by atoms with Crippen molar-refractivity contribution in [1.82, 2.24) is 30.7 Å². The summed E-state index contributed by atoms with van der Waals surface area (Å²) in [4.78, 5) is 27.3. The molecule has 0 saturated heterocycles. The average Bonchev–Trinajstić information content (AvgIpc) is 3.41. The number of fused-ring (bicyclic) bond motifs is 1. The first-order valence-corrected chi connectivity index (χ1v) is 11.2. The predicted octanol–water partition coefficient (Wildman–Crippen LogP) is 2.06. The summed E-state index contributed by atoms with van der Waals surface area (Å²) in [5.41, 5.74) is 14.2. The summed E-state index contributed by atoms with van der Waals surface area (Å²) in [7, 11) is 3.23. The number of amides is 2. The smallest absolute Gasteiger partial charge is 0.251 e. The zero-order chi connectivity index (χ0) is 25.5. The van der Waals surface area contributed by atoms with Gasteiger partial charge in [0.05, 0.1) is 12.4 Å². The van der Waals surface area contributed by atoms with Crippen molar-refractivity contribution in [2.45, 2.75) is 6.17 Å². The molecule has 5 rings (SSSR count). The number of allylic oxidation sites excluding steroid dienone is 1. The van der Waals surface area contributed by atoms with Gasteiger partial charge in [0.2, 0.25) is 0 Å². The molecular formula is C26H26N8O2. The van der Waals surface area contributed by atoms with Crippen molar-refractivity contribution in [1.29, 1.82) is 0 Å². The highest BCUT2D eigenvalue weighted by Gasteiger charge is 2.10. The van der Waals surface area contributed by atoms with Crippen LogP contribution in [0.5, 0.6) is 0 Å². The lowest BCUT2D eigenvalue weighted by Gasteiger charge is -2.14. The second-order valence-corrected chi connectivity index (χ2v) is 7.83. The van der Waals surface area contributed by atoms with Gasteiger partial charge in [0.25, 0.3) is 11.8 Å². The van der Waals surface area contributed by atoms with E-state index in [0.29, 0.717) is 11.1 Å². The first-order valence-electron chi connectivity index (χ1n) is 11.2. The Balaban J connectivity index is 0.000000170. The fourth-order valence-corrected chi connectivity index (χ4v) is 3.57. The second kappa shape index (κ2) is 11.1. The summed E-state index contributed by atoms with van der Waals surface area (Å²) in [5, 5.41) is 13.4. The molecule has 2 aromatic heterocycles. The number of aromatic nitrogens is 3. The Morgan fingerprint density at radius 2 is 1.61 bits per heavy atom. The van der Waals surface area contributed by atoms with E-state index in [0.717, 1.165) is 27.9 Å². The molecule has 2 aromatic carbocycles. The predicted molar refractivity (Wildman–Crippen MR) is 139 cm³/mol. The van der Waals surface area contributed by atoms with E-state index in [-0.39, 0.29) is 18.0 Å². The van der Waals surface area contributed by atoms with Crippen LogP contribution in [-0.2, 0) is 0 Å². The SMILES string of the molecule is CNC(=O)c1cccc(-c2cnn3ccnc3c2)c1.CNC(=O)c1cccc(C2=CC(N)NN=C2)c1. The quantitative estimate of drug-likeness (QED) is 0.351. The van der Waals surface area contributed by atoms with Gasteiger partial charge in [0.15, 0.2) is 5.65 Å². The van der Waals surface area contributed by atoms with Gasteiger partial charge in [-0.1, -0.05) is 24.3 Å². The van der Waals surface area contributed by atoms with Crippen molar-refractivity contribution in [3.8, 4) is 11.1 Å². The molecular weight excluding hydrogens is 456 g/mol. The van der Waals surface area contributed by atoms with E-state index in [1.165, 1.54) is 0 Å². The van der Waals surface area contributed by atoms with E-state index in [1.807, 2.05) is 48.5 Å². The molecule has 2 amide bonds. The highest BCUT2D eigenvalue weighted by molar-refractivity contribution is 6.11. The number of imidazole rings is 1. The number of hydrogen-bond donors (Lipinski definition) is 4. The number of rotatable bonds is 4. The second-order valence-electron chi connectivity index (χ2n) is 7.83. The molecule has 0 fully saturated rings. The van der Waals surface area contributed by atoms with Crippen molar-refractivity contribution < 1.29 is 9.59 Å². The highest BCUT2D eigenvalue weighted by atomic mass is 16.2. The lowest BCUT2D eigenvalue weighted by atomic mass is 10.0. The molecule has 0 bridgehead atoms. The van der Waals surface area contributed by atoms with Gasteiger partial charge in [-0.25, -0.2) is 9.50 Å². The van der Waals surface area contributed by atoms with Crippen LogP contribution < -0.4 is 21.8 Å². The lowest BCUT2D eigenvalue weighted by molar-refractivity contribution is 0.0955. The zero-order valence-corrected chi connectivity index (χ0v) is 19.8.